The van der Waals surface area contributed by atoms with Gasteiger partial charge in [0.1, 0.15) is 0 Å². The maximum absolute atomic E-state index is 5.73. The maximum atomic E-state index is 5.73. The van der Waals surface area contributed by atoms with Gasteiger partial charge in [-0.2, -0.15) is 0 Å². The first-order valence-corrected chi connectivity index (χ1v) is 7.43. The molecule has 2 N–H and O–H groups in total. The molecule has 0 atom stereocenters. The third kappa shape index (κ3) is 6.24. The fraction of sp³-hybridized carbons (Fsp3) is 1.00. The van der Waals surface area contributed by atoms with Gasteiger partial charge in [-0.25, -0.2) is 0 Å². The summed E-state index contributed by atoms with van der Waals surface area (Å²) >= 11 is 0. The van der Waals surface area contributed by atoms with Gasteiger partial charge in [-0.3, -0.25) is 0 Å². The van der Waals surface area contributed by atoms with E-state index >= 15 is 0 Å². The summed E-state index contributed by atoms with van der Waals surface area (Å²) in [6.07, 6.45) is 0.469. The summed E-state index contributed by atoms with van der Waals surface area (Å²) in [7, 11) is 1.09. The summed E-state index contributed by atoms with van der Waals surface area (Å²) in [6.45, 7) is 4.27. The normalized spacial score (nSPS) is 12.0. The molecule has 0 aromatic carbocycles. The second-order valence-corrected chi connectivity index (χ2v) is 6.66. The average Bonchev–Trinajstić information content (AvgIpc) is 2.28. The number of hydrogen-bond acceptors (Lipinski definition) is 5. The van der Waals surface area contributed by atoms with Crippen LogP contribution in [0.3, 0.4) is 0 Å². The Labute approximate surface area is 93.1 Å². The lowest BCUT2D eigenvalue weighted by Gasteiger charge is -2.28. The van der Waals surface area contributed by atoms with Crippen LogP contribution in [0.5, 0.6) is 0 Å². The van der Waals surface area contributed by atoms with Gasteiger partial charge in [0.15, 0.2) is 0 Å². The molecule has 0 amide bonds. The molecule has 0 bridgehead atoms. The smallest absolute Gasteiger partial charge is 0.352 e. The fourth-order valence-electron chi connectivity index (χ4n) is 1.13. The summed E-state index contributed by atoms with van der Waals surface area (Å²) in [4.78, 5) is 0. The Bertz CT molecular complexity index is 132. The van der Waals surface area contributed by atoms with E-state index < -0.39 is 8.56 Å². The molecule has 0 saturated carbocycles. The molecule has 0 aliphatic rings. The molecule has 0 aliphatic carbocycles. The van der Waals surface area contributed by atoms with Crippen molar-refractivity contribution in [2.45, 2.75) is 13.0 Å². The Morgan fingerprint density at radius 3 is 1.67 bits per heavy atom. The minimum Gasteiger partial charge on any atom is -0.391 e. The standard InChI is InChI=1S/C9H23NO4Si/c1-4-15(9-10,13-7-5-11-2)14-8-6-12-3/h4-10H2,1-3H3. The number of rotatable bonds is 10. The van der Waals surface area contributed by atoms with Crippen LogP contribution >= 0.6 is 0 Å². The molecule has 0 spiro atoms. The molecule has 0 heterocycles. The lowest BCUT2D eigenvalue weighted by molar-refractivity contribution is 0.0867. The zero-order valence-corrected chi connectivity index (χ0v) is 11.0. The summed E-state index contributed by atoms with van der Waals surface area (Å²) < 4.78 is 21.3. The van der Waals surface area contributed by atoms with Crippen LogP contribution in [0.1, 0.15) is 6.92 Å². The van der Waals surface area contributed by atoms with Crippen molar-refractivity contribution < 1.29 is 18.3 Å². The molecule has 92 valence electrons. The predicted molar refractivity (Wildman–Crippen MR) is 60.9 cm³/mol. The molecule has 0 rings (SSSR count). The van der Waals surface area contributed by atoms with Crippen LogP contribution in [-0.4, -0.2) is 55.4 Å². The lowest BCUT2D eigenvalue weighted by Crippen LogP contribution is -2.50. The zero-order valence-electron chi connectivity index (χ0n) is 9.95. The summed E-state index contributed by atoms with van der Waals surface area (Å²) in [6, 6.07) is 0.844. The molecule has 0 unspecified atom stereocenters. The molecule has 6 heteroatoms. The SMILES string of the molecule is CC[Si](CN)(OCCOC)OCCOC. The van der Waals surface area contributed by atoms with E-state index in [1.165, 1.54) is 0 Å². The first kappa shape index (κ1) is 15.0. The van der Waals surface area contributed by atoms with Crippen molar-refractivity contribution in [1.29, 1.82) is 0 Å². The number of nitrogens with two attached hydrogens (primary N) is 1. The van der Waals surface area contributed by atoms with Gasteiger partial charge < -0.3 is 24.1 Å². The fourth-order valence-corrected chi connectivity index (χ4v) is 3.06. The molecule has 5 nitrogen and oxygen atoms in total. The monoisotopic (exact) mass is 237 g/mol. The number of ether oxygens (including phenoxy) is 2. The molecule has 0 saturated heterocycles. The molecule has 0 radical (unpaired) electrons. The van der Waals surface area contributed by atoms with Crippen LogP contribution in [0, 0.1) is 0 Å². The van der Waals surface area contributed by atoms with Crippen molar-refractivity contribution in [3.63, 3.8) is 0 Å². The van der Waals surface area contributed by atoms with Crippen LogP contribution in [-0.2, 0) is 18.3 Å². The van der Waals surface area contributed by atoms with E-state index in [-0.39, 0.29) is 0 Å². The lowest BCUT2D eigenvalue weighted by atomic mass is 10.8. The van der Waals surface area contributed by atoms with Gasteiger partial charge in [-0.15, -0.1) is 0 Å². The van der Waals surface area contributed by atoms with Crippen molar-refractivity contribution in [2.75, 3.05) is 46.8 Å². The maximum Gasteiger partial charge on any atom is 0.352 e. The third-order valence-corrected chi connectivity index (χ3v) is 5.31. The Balaban J connectivity index is 3.93. The predicted octanol–water partition coefficient (Wildman–Crippen LogP) is 0.272. The van der Waals surface area contributed by atoms with E-state index in [0.29, 0.717) is 32.6 Å². The molecule has 0 fully saturated rings. The van der Waals surface area contributed by atoms with E-state index in [1.54, 1.807) is 14.2 Å². The first-order valence-electron chi connectivity index (χ1n) is 5.20. The van der Waals surface area contributed by atoms with Crippen molar-refractivity contribution in [3.8, 4) is 0 Å². The quantitative estimate of drug-likeness (QED) is 0.436. The average molecular weight is 237 g/mol. The highest BCUT2D eigenvalue weighted by molar-refractivity contribution is 6.67. The van der Waals surface area contributed by atoms with E-state index in [9.17, 15) is 0 Å². The van der Waals surface area contributed by atoms with Crippen LogP contribution in [0.15, 0.2) is 0 Å². The second kappa shape index (κ2) is 9.26. The second-order valence-electron chi connectivity index (χ2n) is 3.15. The van der Waals surface area contributed by atoms with Crippen LogP contribution in [0.4, 0.5) is 0 Å². The van der Waals surface area contributed by atoms with Gasteiger partial charge in [0, 0.05) is 20.4 Å². The topological polar surface area (TPSA) is 62.9 Å². The Kier molecular flexibility index (Phi) is 9.27. The Hall–Kier alpha value is 0.0169. The molecular formula is C9H23NO4Si. The molecule has 0 aliphatic heterocycles. The highest BCUT2D eigenvalue weighted by Gasteiger charge is 2.33. The van der Waals surface area contributed by atoms with E-state index in [1.807, 2.05) is 6.92 Å². The van der Waals surface area contributed by atoms with E-state index in [4.69, 9.17) is 24.1 Å². The highest BCUT2D eigenvalue weighted by Crippen LogP contribution is 2.11. The number of methoxy groups -OCH3 is 2. The zero-order chi connectivity index (χ0) is 11.6. The first-order chi connectivity index (χ1) is 7.24. The minimum absolute atomic E-state index is 0.469. The van der Waals surface area contributed by atoms with Gasteiger partial charge in [0.2, 0.25) is 0 Å². The van der Waals surface area contributed by atoms with Crippen LogP contribution in [0.2, 0.25) is 6.04 Å². The highest BCUT2D eigenvalue weighted by atomic mass is 28.4. The van der Waals surface area contributed by atoms with Crippen molar-refractivity contribution >= 4 is 8.56 Å². The summed E-state index contributed by atoms with van der Waals surface area (Å²) in [5, 5.41) is 0. The van der Waals surface area contributed by atoms with Crippen molar-refractivity contribution in [3.05, 3.63) is 0 Å². The molecule has 0 aromatic rings. The Morgan fingerprint density at radius 2 is 1.40 bits per heavy atom. The van der Waals surface area contributed by atoms with Crippen LogP contribution < -0.4 is 5.73 Å². The molecular weight excluding hydrogens is 214 g/mol. The number of hydrogen-bond donors (Lipinski definition) is 1. The van der Waals surface area contributed by atoms with E-state index in [0.717, 1.165) is 6.04 Å². The van der Waals surface area contributed by atoms with Gasteiger partial charge in [0.05, 0.1) is 26.4 Å². The van der Waals surface area contributed by atoms with Gasteiger partial charge in [-0.1, -0.05) is 6.92 Å². The van der Waals surface area contributed by atoms with Gasteiger partial charge in [-0.05, 0) is 6.04 Å². The van der Waals surface area contributed by atoms with E-state index in [2.05, 4.69) is 0 Å². The van der Waals surface area contributed by atoms with Crippen molar-refractivity contribution in [1.82, 2.24) is 0 Å². The third-order valence-electron chi connectivity index (χ3n) is 2.15. The summed E-state index contributed by atoms with van der Waals surface area (Å²) in [5.41, 5.74) is 5.71. The van der Waals surface area contributed by atoms with Gasteiger partial charge >= 0.3 is 8.56 Å². The summed E-state index contributed by atoms with van der Waals surface area (Å²) in [5.74, 6) is 0. The largest absolute Gasteiger partial charge is 0.391 e. The molecule has 15 heavy (non-hydrogen) atoms. The van der Waals surface area contributed by atoms with Crippen LogP contribution in [0.25, 0.3) is 0 Å². The molecule has 0 aromatic heterocycles. The Morgan fingerprint density at radius 1 is 0.933 bits per heavy atom. The minimum atomic E-state index is -2.20. The van der Waals surface area contributed by atoms with Gasteiger partial charge in [0.25, 0.3) is 0 Å². The van der Waals surface area contributed by atoms with Crippen molar-refractivity contribution in [2.24, 2.45) is 5.73 Å².